The molecule has 0 bridgehead atoms. The Morgan fingerprint density at radius 3 is 2.38 bits per heavy atom. The quantitative estimate of drug-likeness (QED) is 0.845. The number of carbonyl (C=O) groups excluding carboxylic acids is 1. The molecule has 0 aliphatic heterocycles. The maximum Gasteiger partial charge on any atom is 0.241 e. The molecule has 1 amide bonds. The summed E-state index contributed by atoms with van der Waals surface area (Å²) < 4.78 is 0. The molecule has 1 saturated carbocycles. The largest absolute Gasteiger partial charge is 0.325 e. The van der Waals surface area contributed by atoms with Crippen molar-refractivity contribution in [3.05, 3.63) is 29.8 Å². The first-order chi connectivity index (χ1) is 9.93. The minimum atomic E-state index is -0.191. The first-order valence-electron chi connectivity index (χ1n) is 7.71. The molecule has 0 spiro atoms. The number of nitrogens with one attached hydrogen (secondary N) is 2. The summed E-state index contributed by atoms with van der Waals surface area (Å²) in [6.07, 6.45) is 3.70. The number of anilines is 1. The van der Waals surface area contributed by atoms with Crippen molar-refractivity contribution in [3.8, 4) is 0 Å². The van der Waals surface area contributed by atoms with Crippen molar-refractivity contribution in [1.29, 1.82) is 0 Å². The molecule has 1 aliphatic rings. The van der Waals surface area contributed by atoms with E-state index in [1.807, 2.05) is 38.1 Å². The molecule has 1 fully saturated rings. The molecule has 2 rings (SSSR count). The zero-order valence-electron chi connectivity index (χ0n) is 13.6. The predicted octanol–water partition coefficient (Wildman–Crippen LogP) is 2.40. The van der Waals surface area contributed by atoms with Crippen LogP contribution in [0.4, 0.5) is 5.69 Å². The number of aryl methyl sites for hydroxylation is 1. The minimum Gasteiger partial charge on any atom is -0.325 e. The topological polar surface area (TPSA) is 44.4 Å². The molecular weight excluding hydrogens is 262 g/mol. The van der Waals surface area contributed by atoms with Gasteiger partial charge in [0.25, 0.3) is 0 Å². The normalized spacial score (nSPS) is 18.1. The van der Waals surface area contributed by atoms with Gasteiger partial charge in [0.15, 0.2) is 0 Å². The van der Waals surface area contributed by atoms with Gasteiger partial charge in [0, 0.05) is 17.8 Å². The second-order valence-corrected chi connectivity index (χ2v) is 6.43. The monoisotopic (exact) mass is 289 g/mol. The van der Waals surface area contributed by atoms with Gasteiger partial charge in [-0.05, 0) is 59.3 Å². The third-order valence-electron chi connectivity index (χ3n) is 4.68. The van der Waals surface area contributed by atoms with Crippen LogP contribution in [-0.4, -0.2) is 43.0 Å². The lowest BCUT2D eigenvalue weighted by Crippen LogP contribution is -2.58. The molecule has 0 aromatic heterocycles. The summed E-state index contributed by atoms with van der Waals surface area (Å²) in [5.74, 6) is 0.0204. The van der Waals surface area contributed by atoms with E-state index in [9.17, 15) is 4.79 Å². The highest BCUT2D eigenvalue weighted by molar-refractivity contribution is 5.94. The van der Waals surface area contributed by atoms with Crippen molar-refractivity contribution in [1.82, 2.24) is 10.2 Å². The molecule has 116 valence electrons. The highest BCUT2D eigenvalue weighted by Crippen LogP contribution is 2.35. The molecule has 21 heavy (non-hydrogen) atoms. The molecule has 0 radical (unpaired) electrons. The Labute approximate surface area is 127 Å². The van der Waals surface area contributed by atoms with Gasteiger partial charge in [0.2, 0.25) is 5.91 Å². The standard InChI is InChI=1S/C17H27N3O/c1-13-6-8-15(9-7-13)19-16(21)14(2)18-12-17(20(3)4)10-5-11-17/h6-9,14,18H,5,10-12H2,1-4H3,(H,19,21). The minimum absolute atomic E-state index is 0.0204. The Morgan fingerprint density at radius 1 is 1.29 bits per heavy atom. The summed E-state index contributed by atoms with van der Waals surface area (Å²) in [4.78, 5) is 14.5. The van der Waals surface area contributed by atoms with Crippen molar-refractivity contribution in [3.63, 3.8) is 0 Å². The molecule has 1 aliphatic carbocycles. The molecule has 1 aromatic rings. The summed E-state index contributed by atoms with van der Waals surface area (Å²) in [6.45, 7) is 4.82. The van der Waals surface area contributed by atoms with Gasteiger partial charge in [-0.3, -0.25) is 4.79 Å². The van der Waals surface area contributed by atoms with Gasteiger partial charge in [-0.1, -0.05) is 17.7 Å². The lowest BCUT2D eigenvalue weighted by molar-refractivity contribution is -0.118. The average Bonchev–Trinajstić information content (AvgIpc) is 2.39. The van der Waals surface area contributed by atoms with E-state index >= 15 is 0 Å². The van der Waals surface area contributed by atoms with Gasteiger partial charge in [-0.25, -0.2) is 0 Å². The zero-order valence-corrected chi connectivity index (χ0v) is 13.6. The summed E-state index contributed by atoms with van der Waals surface area (Å²) in [5.41, 5.74) is 2.28. The molecule has 1 unspecified atom stereocenters. The van der Waals surface area contributed by atoms with Gasteiger partial charge in [0.1, 0.15) is 0 Å². The Morgan fingerprint density at radius 2 is 1.90 bits per heavy atom. The molecule has 4 nitrogen and oxygen atoms in total. The van der Waals surface area contributed by atoms with E-state index in [0.29, 0.717) is 0 Å². The van der Waals surface area contributed by atoms with Crippen molar-refractivity contribution >= 4 is 11.6 Å². The fourth-order valence-corrected chi connectivity index (χ4v) is 2.69. The second-order valence-electron chi connectivity index (χ2n) is 6.43. The maximum absolute atomic E-state index is 12.2. The van der Waals surface area contributed by atoms with Gasteiger partial charge >= 0.3 is 0 Å². The van der Waals surface area contributed by atoms with E-state index in [-0.39, 0.29) is 17.5 Å². The third kappa shape index (κ3) is 3.83. The lowest BCUT2D eigenvalue weighted by Gasteiger charge is -2.48. The number of benzene rings is 1. The molecule has 0 saturated heterocycles. The SMILES string of the molecule is Cc1ccc(NC(=O)C(C)NCC2(N(C)C)CCC2)cc1. The zero-order chi connectivity index (χ0) is 15.5. The van der Waals surface area contributed by atoms with Crippen molar-refractivity contribution in [2.45, 2.75) is 44.7 Å². The molecule has 1 aromatic carbocycles. The lowest BCUT2D eigenvalue weighted by atomic mass is 9.75. The highest BCUT2D eigenvalue weighted by atomic mass is 16.2. The summed E-state index contributed by atoms with van der Waals surface area (Å²) >= 11 is 0. The number of rotatable bonds is 6. The summed E-state index contributed by atoms with van der Waals surface area (Å²) in [7, 11) is 4.25. The van der Waals surface area contributed by atoms with Crippen LogP contribution in [0.3, 0.4) is 0 Å². The summed E-state index contributed by atoms with van der Waals surface area (Å²) in [5, 5.41) is 6.34. The van der Waals surface area contributed by atoms with Crippen LogP contribution in [0.15, 0.2) is 24.3 Å². The fraction of sp³-hybridized carbons (Fsp3) is 0.588. The Kier molecular flexibility index (Phi) is 5.01. The van der Waals surface area contributed by atoms with E-state index in [0.717, 1.165) is 12.2 Å². The van der Waals surface area contributed by atoms with Gasteiger partial charge in [-0.15, -0.1) is 0 Å². The number of carbonyl (C=O) groups is 1. The van der Waals surface area contributed by atoms with Crippen LogP contribution in [0.1, 0.15) is 31.7 Å². The van der Waals surface area contributed by atoms with Crippen LogP contribution in [-0.2, 0) is 4.79 Å². The van der Waals surface area contributed by atoms with Crippen LogP contribution in [0, 0.1) is 6.92 Å². The van der Waals surface area contributed by atoms with E-state index in [1.54, 1.807) is 0 Å². The molecule has 1 atom stereocenters. The van der Waals surface area contributed by atoms with Crippen molar-refractivity contribution < 1.29 is 4.79 Å². The van der Waals surface area contributed by atoms with Crippen LogP contribution in [0.25, 0.3) is 0 Å². The first-order valence-corrected chi connectivity index (χ1v) is 7.71. The van der Waals surface area contributed by atoms with E-state index in [4.69, 9.17) is 0 Å². The molecule has 0 heterocycles. The number of hydrogen-bond donors (Lipinski definition) is 2. The van der Waals surface area contributed by atoms with Crippen LogP contribution >= 0.6 is 0 Å². The Bertz CT molecular complexity index is 477. The van der Waals surface area contributed by atoms with Crippen molar-refractivity contribution in [2.75, 3.05) is 26.0 Å². The predicted molar refractivity (Wildman–Crippen MR) is 87.5 cm³/mol. The molecular formula is C17H27N3O. The number of nitrogens with zero attached hydrogens (tertiary/aromatic N) is 1. The summed E-state index contributed by atoms with van der Waals surface area (Å²) in [6, 6.07) is 7.69. The average molecular weight is 289 g/mol. The van der Waals surface area contributed by atoms with Crippen LogP contribution < -0.4 is 10.6 Å². The third-order valence-corrected chi connectivity index (χ3v) is 4.68. The molecule has 2 N–H and O–H groups in total. The second kappa shape index (κ2) is 6.58. The molecule has 4 heteroatoms. The number of hydrogen-bond acceptors (Lipinski definition) is 3. The van der Waals surface area contributed by atoms with Crippen LogP contribution in [0.5, 0.6) is 0 Å². The van der Waals surface area contributed by atoms with Gasteiger partial charge in [0.05, 0.1) is 6.04 Å². The van der Waals surface area contributed by atoms with E-state index in [2.05, 4.69) is 29.6 Å². The highest BCUT2D eigenvalue weighted by Gasteiger charge is 2.39. The Balaban J connectivity index is 1.84. The number of likely N-dealkylation sites (N-methyl/N-ethyl adjacent to an activating group) is 1. The maximum atomic E-state index is 12.2. The number of amides is 1. The Hall–Kier alpha value is -1.39. The van der Waals surface area contributed by atoms with Gasteiger partial charge in [-0.2, -0.15) is 0 Å². The first kappa shape index (κ1) is 16.0. The van der Waals surface area contributed by atoms with Gasteiger partial charge < -0.3 is 15.5 Å². The fourth-order valence-electron chi connectivity index (χ4n) is 2.69. The van der Waals surface area contributed by atoms with Crippen molar-refractivity contribution in [2.24, 2.45) is 0 Å². The smallest absolute Gasteiger partial charge is 0.241 e. The van der Waals surface area contributed by atoms with Crippen LogP contribution in [0.2, 0.25) is 0 Å². The van der Waals surface area contributed by atoms with E-state index < -0.39 is 0 Å². The van der Waals surface area contributed by atoms with E-state index in [1.165, 1.54) is 24.8 Å².